The van der Waals surface area contributed by atoms with E-state index < -0.39 is 6.04 Å². The third kappa shape index (κ3) is 4.31. The summed E-state index contributed by atoms with van der Waals surface area (Å²) < 4.78 is 18.1. The molecule has 1 aromatic heterocycles. The van der Waals surface area contributed by atoms with Gasteiger partial charge in [0.25, 0.3) is 5.91 Å². The number of amides is 1. The van der Waals surface area contributed by atoms with Gasteiger partial charge in [0.2, 0.25) is 5.76 Å². The molecule has 0 fully saturated rings. The van der Waals surface area contributed by atoms with Gasteiger partial charge in [-0.1, -0.05) is 65.0 Å². The average Bonchev–Trinajstić information content (AvgIpc) is 3.18. The van der Waals surface area contributed by atoms with E-state index in [4.69, 9.17) is 13.9 Å². The van der Waals surface area contributed by atoms with Crippen molar-refractivity contribution in [3.8, 4) is 11.5 Å². The van der Waals surface area contributed by atoms with E-state index in [0.29, 0.717) is 47.6 Å². The molecule has 1 aliphatic rings. The molecule has 2 heterocycles. The van der Waals surface area contributed by atoms with E-state index in [9.17, 15) is 9.59 Å². The van der Waals surface area contributed by atoms with Crippen molar-refractivity contribution >= 4 is 32.8 Å². The molecule has 1 unspecified atom stereocenters. The van der Waals surface area contributed by atoms with Gasteiger partial charge in [-0.05, 0) is 47.9 Å². The van der Waals surface area contributed by atoms with Gasteiger partial charge >= 0.3 is 0 Å². The Balaban J connectivity index is 1.65. The fraction of sp³-hybridized carbons (Fsp3) is 0.172. The van der Waals surface area contributed by atoms with Crippen LogP contribution in [0.4, 0.5) is 0 Å². The van der Waals surface area contributed by atoms with Crippen LogP contribution in [-0.4, -0.2) is 31.1 Å². The van der Waals surface area contributed by atoms with E-state index >= 15 is 0 Å². The topological polar surface area (TPSA) is 69.0 Å². The van der Waals surface area contributed by atoms with E-state index in [-0.39, 0.29) is 17.1 Å². The summed E-state index contributed by atoms with van der Waals surface area (Å²) in [6, 6.07) is 20.0. The number of carbonyl (C=O) groups is 1. The second kappa shape index (κ2) is 10.0. The zero-order chi connectivity index (χ0) is 25.2. The molecule has 182 valence electrons. The predicted octanol–water partition coefficient (Wildman–Crippen LogP) is 5.92. The van der Waals surface area contributed by atoms with Gasteiger partial charge in [0, 0.05) is 11.0 Å². The first kappa shape index (κ1) is 23.9. The van der Waals surface area contributed by atoms with Crippen LogP contribution in [0.15, 0.2) is 93.1 Å². The van der Waals surface area contributed by atoms with Crippen molar-refractivity contribution < 1.29 is 18.7 Å². The molecule has 0 N–H and O–H groups in total. The molecule has 5 rings (SSSR count). The lowest BCUT2D eigenvalue weighted by molar-refractivity contribution is 0.0730. The van der Waals surface area contributed by atoms with Crippen molar-refractivity contribution in [2.75, 3.05) is 20.3 Å². The number of hydrogen-bond donors (Lipinski definition) is 0. The second-order valence-electron chi connectivity index (χ2n) is 8.46. The molecule has 1 aliphatic heterocycles. The van der Waals surface area contributed by atoms with Gasteiger partial charge in [-0.15, -0.1) is 0 Å². The molecule has 0 radical (unpaired) electrons. The number of methoxy groups -OCH3 is 1. The number of carbonyl (C=O) groups excluding carboxylic acids is 1. The number of nitrogens with zero attached hydrogens (tertiary/aromatic N) is 1. The highest BCUT2D eigenvalue weighted by atomic mass is 79.9. The Morgan fingerprint density at radius 1 is 1.06 bits per heavy atom. The highest BCUT2D eigenvalue weighted by Gasteiger charge is 2.42. The first-order valence-corrected chi connectivity index (χ1v) is 12.3. The zero-order valence-electron chi connectivity index (χ0n) is 19.7. The summed E-state index contributed by atoms with van der Waals surface area (Å²) in [5.41, 5.74) is 2.32. The summed E-state index contributed by atoms with van der Waals surface area (Å²) in [4.78, 5) is 29.1. The summed E-state index contributed by atoms with van der Waals surface area (Å²) >= 11 is 3.43. The van der Waals surface area contributed by atoms with Crippen LogP contribution < -0.4 is 14.9 Å². The molecule has 0 bridgehead atoms. The van der Waals surface area contributed by atoms with Crippen molar-refractivity contribution in [1.29, 1.82) is 0 Å². The molecular weight excluding hydrogens is 522 g/mol. The highest BCUT2D eigenvalue weighted by Crippen LogP contribution is 2.41. The second-order valence-corrected chi connectivity index (χ2v) is 9.38. The Bertz CT molecular complexity index is 1510. The van der Waals surface area contributed by atoms with Gasteiger partial charge in [-0.2, -0.15) is 0 Å². The molecule has 0 saturated heterocycles. The molecule has 7 heteroatoms. The fourth-order valence-corrected chi connectivity index (χ4v) is 4.95. The number of rotatable bonds is 8. The van der Waals surface area contributed by atoms with Crippen LogP contribution in [0.2, 0.25) is 0 Å². The molecule has 0 spiro atoms. The lowest BCUT2D eigenvalue weighted by Gasteiger charge is -2.26. The molecule has 6 nitrogen and oxygen atoms in total. The van der Waals surface area contributed by atoms with Gasteiger partial charge < -0.3 is 18.8 Å². The van der Waals surface area contributed by atoms with E-state index in [1.54, 1.807) is 42.4 Å². The summed E-state index contributed by atoms with van der Waals surface area (Å²) in [7, 11) is 1.56. The van der Waals surface area contributed by atoms with Crippen molar-refractivity contribution in [3.63, 3.8) is 0 Å². The maximum Gasteiger partial charge on any atom is 0.290 e. The Morgan fingerprint density at radius 3 is 2.61 bits per heavy atom. The van der Waals surface area contributed by atoms with E-state index in [0.717, 1.165) is 15.6 Å². The maximum absolute atomic E-state index is 13.8. The van der Waals surface area contributed by atoms with Crippen LogP contribution in [0.5, 0.6) is 11.5 Å². The van der Waals surface area contributed by atoms with Crippen molar-refractivity contribution in [3.05, 3.63) is 117 Å². The standard InChI is InChI=1S/C29H24BrNO5/c1-3-15-35-23-11-9-19(16-24(23)34-2)26-25-27(32)21-17-20(30)10-12-22(21)36-28(25)29(33)31(26)14-13-18-7-5-4-6-8-18/h3-12,16-17,26H,1,13-15H2,2H3. The van der Waals surface area contributed by atoms with Crippen molar-refractivity contribution in [2.24, 2.45) is 0 Å². The molecule has 1 amide bonds. The lowest BCUT2D eigenvalue weighted by Crippen LogP contribution is -2.31. The monoisotopic (exact) mass is 545 g/mol. The number of benzene rings is 3. The summed E-state index contributed by atoms with van der Waals surface area (Å²) in [6.07, 6.45) is 2.28. The van der Waals surface area contributed by atoms with Gasteiger partial charge in [-0.25, -0.2) is 0 Å². The average molecular weight is 546 g/mol. The molecule has 1 atom stereocenters. The van der Waals surface area contributed by atoms with E-state index in [1.807, 2.05) is 42.5 Å². The molecule has 36 heavy (non-hydrogen) atoms. The van der Waals surface area contributed by atoms with Gasteiger partial charge in [0.05, 0.1) is 24.1 Å². The fourth-order valence-electron chi connectivity index (χ4n) is 4.59. The molecule has 0 aliphatic carbocycles. The van der Waals surface area contributed by atoms with Crippen LogP contribution >= 0.6 is 15.9 Å². The number of halogens is 1. The minimum absolute atomic E-state index is 0.0823. The van der Waals surface area contributed by atoms with Crippen LogP contribution in [-0.2, 0) is 6.42 Å². The summed E-state index contributed by atoms with van der Waals surface area (Å²) in [6.45, 7) is 4.42. The number of ether oxygens (including phenoxy) is 2. The Morgan fingerprint density at radius 2 is 1.86 bits per heavy atom. The SMILES string of the molecule is C=CCOc1ccc(C2c3c(oc4ccc(Br)cc4c3=O)C(=O)N2CCc2ccccc2)cc1OC. The molecular formula is C29H24BrNO5. The minimum atomic E-state index is -0.627. The minimum Gasteiger partial charge on any atom is -0.493 e. The summed E-state index contributed by atoms with van der Waals surface area (Å²) in [5, 5.41) is 0.420. The Labute approximate surface area is 216 Å². The van der Waals surface area contributed by atoms with Crippen molar-refractivity contribution in [2.45, 2.75) is 12.5 Å². The van der Waals surface area contributed by atoms with E-state index in [2.05, 4.69) is 22.5 Å². The van der Waals surface area contributed by atoms with Crippen LogP contribution in [0.1, 0.15) is 33.3 Å². The maximum atomic E-state index is 13.8. The van der Waals surface area contributed by atoms with E-state index in [1.165, 1.54) is 0 Å². The first-order valence-electron chi connectivity index (χ1n) is 11.5. The normalized spacial score (nSPS) is 14.7. The van der Waals surface area contributed by atoms with Crippen LogP contribution in [0.25, 0.3) is 11.0 Å². The summed E-state index contributed by atoms with van der Waals surface area (Å²) in [5.74, 6) is 0.833. The molecule has 3 aromatic carbocycles. The molecule has 0 saturated carbocycles. The van der Waals surface area contributed by atoms with Gasteiger partial charge in [0.15, 0.2) is 16.9 Å². The lowest BCUT2D eigenvalue weighted by atomic mass is 9.97. The zero-order valence-corrected chi connectivity index (χ0v) is 21.3. The Kier molecular flexibility index (Phi) is 6.65. The smallest absolute Gasteiger partial charge is 0.290 e. The third-order valence-corrected chi connectivity index (χ3v) is 6.77. The quantitative estimate of drug-likeness (QED) is 0.257. The predicted molar refractivity (Wildman–Crippen MR) is 142 cm³/mol. The number of hydrogen-bond acceptors (Lipinski definition) is 5. The van der Waals surface area contributed by atoms with Crippen molar-refractivity contribution in [1.82, 2.24) is 4.90 Å². The largest absolute Gasteiger partial charge is 0.493 e. The highest BCUT2D eigenvalue weighted by molar-refractivity contribution is 9.10. The number of fused-ring (bicyclic) bond motifs is 2. The van der Waals surface area contributed by atoms with Gasteiger partial charge in [-0.3, -0.25) is 9.59 Å². The third-order valence-electron chi connectivity index (χ3n) is 6.27. The Hall–Kier alpha value is -3.84. The van der Waals surface area contributed by atoms with Crippen LogP contribution in [0, 0.1) is 0 Å². The van der Waals surface area contributed by atoms with Gasteiger partial charge in [0.1, 0.15) is 12.2 Å². The molecule has 4 aromatic rings. The van der Waals surface area contributed by atoms with Crippen LogP contribution in [0.3, 0.4) is 0 Å². The first-order chi connectivity index (χ1) is 17.5.